The predicted octanol–water partition coefficient (Wildman–Crippen LogP) is 0.884. The molecule has 0 aliphatic carbocycles. The Hall–Kier alpha value is -0.630. The summed E-state index contributed by atoms with van der Waals surface area (Å²) in [5, 5.41) is 3.14. The molecular weight excluding hydrogens is 126 g/mol. The van der Waals surface area contributed by atoms with Crippen LogP contribution in [-0.4, -0.2) is 18.4 Å². The summed E-state index contributed by atoms with van der Waals surface area (Å²) >= 11 is 0. The molecule has 1 N–H and O–H groups in total. The molecule has 0 bridgehead atoms. The number of hydrogen-bond donors (Lipinski definition) is 1. The number of carbonyl (C=O) groups is 1. The lowest BCUT2D eigenvalue weighted by Gasteiger charge is -2.02. The third-order valence-electron chi connectivity index (χ3n) is 1.73. The highest BCUT2D eigenvalue weighted by Gasteiger charge is 2.18. The lowest BCUT2D eigenvalue weighted by atomic mass is 10.1. The fourth-order valence-electron chi connectivity index (χ4n) is 1.21. The van der Waals surface area contributed by atoms with E-state index in [2.05, 4.69) is 5.32 Å². The van der Waals surface area contributed by atoms with Gasteiger partial charge in [-0.1, -0.05) is 6.08 Å². The SMILES string of the molecule is C/C=C/C(=O)C1CCCN1. The average molecular weight is 139 g/mol. The van der Waals surface area contributed by atoms with Gasteiger partial charge in [0.2, 0.25) is 0 Å². The fraction of sp³-hybridized carbons (Fsp3) is 0.625. The second-order valence-electron chi connectivity index (χ2n) is 2.55. The predicted molar refractivity (Wildman–Crippen MR) is 40.8 cm³/mol. The van der Waals surface area contributed by atoms with Gasteiger partial charge in [0, 0.05) is 0 Å². The van der Waals surface area contributed by atoms with E-state index in [1.165, 1.54) is 0 Å². The Bertz CT molecular complexity index is 145. The van der Waals surface area contributed by atoms with Gasteiger partial charge in [0.15, 0.2) is 5.78 Å². The molecule has 1 heterocycles. The summed E-state index contributed by atoms with van der Waals surface area (Å²) in [5.74, 6) is 0.222. The van der Waals surface area contributed by atoms with E-state index in [1.54, 1.807) is 12.2 Å². The van der Waals surface area contributed by atoms with Crippen LogP contribution in [0.4, 0.5) is 0 Å². The van der Waals surface area contributed by atoms with Crippen molar-refractivity contribution in [3.63, 3.8) is 0 Å². The third-order valence-corrected chi connectivity index (χ3v) is 1.73. The molecule has 0 aromatic heterocycles. The summed E-state index contributed by atoms with van der Waals surface area (Å²) < 4.78 is 0. The molecule has 1 rings (SSSR count). The van der Waals surface area contributed by atoms with Gasteiger partial charge >= 0.3 is 0 Å². The van der Waals surface area contributed by atoms with E-state index in [9.17, 15) is 4.79 Å². The minimum absolute atomic E-state index is 0.108. The molecule has 1 aliphatic heterocycles. The number of hydrogen-bond acceptors (Lipinski definition) is 2. The molecule has 0 amide bonds. The Labute approximate surface area is 61.3 Å². The molecule has 1 fully saturated rings. The standard InChI is InChI=1S/C8H13NO/c1-2-4-8(10)7-5-3-6-9-7/h2,4,7,9H,3,5-6H2,1H3/b4-2+. The van der Waals surface area contributed by atoms with Crippen LogP contribution in [0.15, 0.2) is 12.2 Å². The van der Waals surface area contributed by atoms with E-state index >= 15 is 0 Å². The Balaban J connectivity index is 2.40. The first-order valence-electron chi connectivity index (χ1n) is 3.74. The van der Waals surface area contributed by atoms with Crippen LogP contribution in [-0.2, 0) is 4.79 Å². The van der Waals surface area contributed by atoms with Crippen molar-refractivity contribution >= 4 is 5.78 Å². The topological polar surface area (TPSA) is 29.1 Å². The van der Waals surface area contributed by atoms with Crippen LogP contribution in [0.2, 0.25) is 0 Å². The van der Waals surface area contributed by atoms with Gasteiger partial charge in [-0.3, -0.25) is 4.79 Å². The number of allylic oxidation sites excluding steroid dienone is 1. The first-order valence-corrected chi connectivity index (χ1v) is 3.74. The van der Waals surface area contributed by atoms with E-state index in [4.69, 9.17) is 0 Å². The zero-order valence-electron chi connectivity index (χ0n) is 6.26. The summed E-state index contributed by atoms with van der Waals surface area (Å²) in [6.07, 6.45) is 5.57. The molecule has 2 nitrogen and oxygen atoms in total. The van der Waals surface area contributed by atoms with Gasteiger partial charge in [-0.05, 0) is 32.4 Å². The number of rotatable bonds is 2. The van der Waals surface area contributed by atoms with Crippen LogP contribution < -0.4 is 5.32 Å². The lowest BCUT2D eigenvalue weighted by Crippen LogP contribution is -2.29. The van der Waals surface area contributed by atoms with Crippen molar-refractivity contribution in [2.24, 2.45) is 0 Å². The van der Waals surface area contributed by atoms with Gasteiger partial charge in [-0.15, -0.1) is 0 Å². The van der Waals surface area contributed by atoms with Crippen molar-refractivity contribution in [3.05, 3.63) is 12.2 Å². The van der Waals surface area contributed by atoms with E-state index in [-0.39, 0.29) is 11.8 Å². The minimum atomic E-state index is 0.108. The average Bonchev–Trinajstić information content (AvgIpc) is 2.38. The monoisotopic (exact) mass is 139 g/mol. The smallest absolute Gasteiger partial charge is 0.172 e. The van der Waals surface area contributed by atoms with Crippen LogP contribution >= 0.6 is 0 Å². The Morgan fingerprint density at radius 1 is 1.70 bits per heavy atom. The fourth-order valence-corrected chi connectivity index (χ4v) is 1.21. The first-order chi connectivity index (χ1) is 4.84. The van der Waals surface area contributed by atoms with Crippen molar-refractivity contribution in [2.75, 3.05) is 6.54 Å². The van der Waals surface area contributed by atoms with Crippen LogP contribution in [0.3, 0.4) is 0 Å². The van der Waals surface area contributed by atoms with Gasteiger partial charge < -0.3 is 5.32 Å². The van der Waals surface area contributed by atoms with Gasteiger partial charge in [0.05, 0.1) is 6.04 Å². The quantitative estimate of drug-likeness (QED) is 0.575. The maximum absolute atomic E-state index is 11.1. The first kappa shape index (κ1) is 7.48. The lowest BCUT2D eigenvalue weighted by molar-refractivity contribution is -0.116. The van der Waals surface area contributed by atoms with E-state index in [0.717, 1.165) is 19.4 Å². The molecule has 1 aliphatic rings. The molecule has 0 spiro atoms. The van der Waals surface area contributed by atoms with E-state index < -0.39 is 0 Å². The molecule has 10 heavy (non-hydrogen) atoms. The number of ketones is 1. The Morgan fingerprint density at radius 3 is 3.00 bits per heavy atom. The summed E-state index contributed by atoms with van der Waals surface area (Å²) in [6, 6.07) is 0.108. The van der Waals surface area contributed by atoms with Gasteiger partial charge in [-0.25, -0.2) is 0 Å². The molecule has 0 saturated carbocycles. The van der Waals surface area contributed by atoms with Gasteiger partial charge in [0.1, 0.15) is 0 Å². The van der Waals surface area contributed by atoms with Crippen molar-refractivity contribution < 1.29 is 4.79 Å². The van der Waals surface area contributed by atoms with Gasteiger partial charge in [-0.2, -0.15) is 0 Å². The maximum atomic E-state index is 11.1. The van der Waals surface area contributed by atoms with E-state index in [1.807, 2.05) is 6.92 Å². The van der Waals surface area contributed by atoms with Crippen molar-refractivity contribution in [1.29, 1.82) is 0 Å². The highest BCUT2D eigenvalue weighted by molar-refractivity contribution is 5.94. The second kappa shape index (κ2) is 3.52. The molecule has 1 atom stereocenters. The van der Waals surface area contributed by atoms with Crippen molar-refractivity contribution in [2.45, 2.75) is 25.8 Å². The summed E-state index contributed by atoms with van der Waals surface area (Å²) in [6.45, 7) is 2.86. The van der Waals surface area contributed by atoms with Crippen LogP contribution in [0.1, 0.15) is 19.8 Å². The minimum Gasteiger partial charge on any atom is -0.307 e. The largest absolute Gasteiger partial charge is 0.307 e. The zero-order chi connectivity index (χ0) is 7.40. The van der Waals surface area contributed by atoms with Crippen LogP contribution in [0, 0.1) is 0 Å². The van der Waals surface area contributed by atoms with Crippen LogP contribution in [0.5, 0.6) is 0 Å². The highest BCUT2D eigenvalue weighted by atomic mass is 16.1. The summed E-state index contributed by atoms with van der Waals surface area (Å²) in [7, 11) is 0. The van der Waals surface area contributed by atoms with Gasteiger partial charge in [0.25, 0.3) is 0 Å². The van der Waals surface area contributed by atoms with Crippen LogP contribution in [0.25, 0.3) is 0 Å². The maximum Gasteiger partial charge on any atom is 0.172 e. The third kappa shape index (κ3) is 1.67. The molecule has 0 radical (unpaired) electrons. The molecule has 56 valence electrons. The van der Waals surface area contributed by atoms with Crippen molar-refractivity contribution in [1.82, 2.24) is 5.32 Å². The molecule has 2 heteroatoms. The normalized spacial score (nSPS) is 25.9. The Kier molecular flexibility index (Phi) is 2.63. The summed E-state index contributed by atoms with van der Waals surface area (Å²) in [5.41, 5.74) is 0. The number of carbonyl (C=O) groups excluding carboxylic acids is 1. The van der Waals surface area contributed by atoms with Crippen molar-refractivity contribution in [3.8, 4) is 0 Å². The molecular formula is C8H13NO. The zero-order valence-corrected chi connectivity index (χ0v) is 6.26. The molecule has 0 aromatic carbocycles. The molecule has 1 saturated heterocycles. The summed E-state index contributed by atoms with van der Waals surface area (Å²) in [4.78, 5) is 11.1. The second-order valence-corrected chi connectivity index (χ2v) is 2.55. The molecule has 0 aromatic rings. The highest BCUT2D eigenvalue weighted by Crippen LogP contribution is 2.05. The number of nitrogens with one attached hydrogen (secondary N) is 1. The Morgan fingerprint density at radius 2 is 2.50 bits per heavy atom. The van der Waals surface area contributed by atoms with E-state index in [0.29, 0.717) is 0 Å². The molecule has 1 unspecified atom stereocenters.